The van der Waals surface area contributed by atoms with E-state index in [2.05, 4.69) is 50.9 Å². The van der Waals surface area contributed by atoms with Crippen molar-refractivity contribution in [1.29, 1.82) is 0 Å². The predicted molar refractivity (Wildman–Crippen MR) is 108 cm³/mol. The van der Waals surface area contributed by atoms with Gasteiger partial charge in [-0.1, -0.05) is 18.2 Å². The topological polar surface area (TPSA) is 48.9 Å². The summed E-state index contributed by atoms with van der Waals surface area (Å²) in [5, 5.41) is 6.89. The zero-order valence-electron chi connectivity index (χ0n) is 15.5. The average molecular weight is 365 g/mol. The first-order chi connectivity index (χ1) is 12.3. The number of thioether (sulfide) groups is 1. The maximum atomic E-state index is 5.16. The van der Waals surface area contributed by atoms with Gasteiger partial charge in [0.25, 0.3) is 0 Å². The molecule has 1 heterocycles. The Morgan fingerprint density at radius 1 is 1.24 bits per heavy atom. The summed E-state index contributed by atoms with van der Waals surface area (Å²) in [5.74, 6) is 2.68. The van der Waals surface area contributed by atoms with Gasteiger partial charge in [0, 0.05) is 44.4 Å². The molecule has 5 nitrogen and oxygen atoms in total. The summed E-state index contributed by atoms with van der Waals surface area (Å²) in [5.41, 5.74) is 0. The monoisotopic (exact) mass is 364 g/mol. The molecule has 2 rings (SSSR count). The van der Waals surface area contributed by atoms with Crippen molar-refractivity contribution in [2.75, 3.05) is 59.2 Å². The number of rotatable bonds is 9. The number of nitrogens with one attached hydrogen (secondary N) is 2. The minimum Gasteiger partial charge on any atom is -0.383 e. The Bertz CT molecular complexity index is 489. The van der Waals surface area contributed by atoms with Crippen LogP contribution in [0.2, 0.25) is 0 Å². The molecule has 1 aliphatic rings. The van der Waals surface area contributed by atoms with Gasteiger partial charge in [-0.3, -0.25) is 4.99 Å². The molecule has 0 amide bonds. The number of piperidine rings is 1. The van der Waals surface area contributed by atoms with Gasteiger partial charge in [-0.25, -0.2) is 0 Å². The fourth-order valence-corrected chi connectivity index (χ4v) is 3.74. The molecule has 1 aromatic carbocycles. The molecule has 1 aromatic rings. The first-order valence-electron chi connectivity index (χ1n) is 9.15. The zero-order chi connectivity index (χ0) is 17.7. The summed E-state index contributed by atoms with van der Waals surface area (Å²) in [6.45, 7) is 6.16. The molecule has 0 aromatic heterocycles. The summed E-state index contributed by atoms with van der Waals surface area (Å²) in [6.07, 6.45) is 2.50. The molecule has 140 valence electrons. The van der Waals surface area contributed by atoms with E-state index in [0.29, 0.717) is 0 Å². The Hall–Kier alpha value is -1.24. The van der Waals surface area contributed by atoms with Crippen LogP contribution in [0, 0.1) is 5.92 Å². The van der Waals surface area contributed by atoms with Crippen molar-refractivity contribution in [1.82, 2.24) is 15.5 Å². The second-order valence-corrected chi connectivity index (χ2v) is 7.49. The SMILES string of the molecule is CN=C(NCCSc1ccccc1)NCC1CCN(CCOC)CC1. The van der Waals surface area contributed by atoms with Crippen molar-refractivity contribution in [2.45, 2.75) is 17.7 Å². The number of guanidine groups is 1. The number of hydrogen-bond acceptors (Lipinski definition) is 4. The third-order valence-electron chi connectivity index (χ3n) is 4.51. The molecule has 1 fully saturated rings. The van der Waals surface area contributed by atoms with Gasteiger partial charge in [0.15, 0.2) is 5.96 Å². The van der Waals surface area contributed by atoms with E-state index in [4.69, 9.17) is 4.74 Å². The minimum atomic E-state index is 0.732. The van der Waals surface area contributed by atoms with E-state index in [9.17, 15) is 0 Å². The molecule has 0 atom stereocenters. The van der Waals surface area contributed by atoms with Crippen LogP contribution in [0.3, 0.4) is 0 Å². The highest BCUT2D eigenvalue weighted by Crippen LogP contribution is 2.16. The largest absolute Gasteiger partial charge is 0.383 e. The van der Waals surface area contributed by atoms with Crippen molar-refractivity contribution in [3.8, 4) is 0 Å². The van der Waals surface area contributed by atoms with Crippen molar-refractivity contribution < 1.29 is 4.74 Å². The van der Waals surface area contributed by atoms with Gasteiger partial charge in [0.2, 0.25) is 0 Å². The van der Waals surface area contributed by atoms with Crippen LogP contribution in [0.1, 0.15) is 12.8 Å². The lowest BCUT2D eigenvalue weighted by Crippen LogP contribution is -2.43. The van der Waals surface area contributed by atoms with Crippen LogP contribution < -0.4 is 10.6 Å². The van der Waals surface area contributed by atoms with Gasteiger partial charge in [-0.15, -0.1) is 11.8 Å². The van der Waals surface area contributed by atoms with E-state index in [0.717, 1.165) is 43.9 Å². The molecular weight excluding hydrogens is 332 g/mol. The van der Waals surface area contributed by atoms with Gasteiger partial charge in [0.1, 0.15) is 0 Å². The summed E-state index contributed by atoms with van der Waals surface area (Å²) in [7, 11) is 3.61. The number of aliphatic imine (C=N–C) groups is 1. The maximum Gasteiger partial charge on any atom is 0.191 e. The standard InChI is InChI=1S/C19H32N4OS/c1-20-19(21-10-15-25-18-6-4-3-5-7-18)22-16-17-8-11-23(12-9-17)13-14-24-2/h3-7,17H,8-16H2,1-2H3,(H2,20,21,22). The van der Waals surface area contributed by atoms with E-state index >= 15 is 0 Å². The lowest BCUT2D eigenvalue weighted by atomic mass is 9.97. The Balaban J connectivity index is 1.56. The number of benzene rings is 1. The van der Waals surface area contributed by atoms with E-state index in [-0.39, 0.29) is 0 Å². The lowest BCUT2D eigenvalue weighted by Gasteiger charge is -2.32. The molecule has 2 N–H and O–H groups in total. The second kappa shape index (κ2) is 12.2. The van der Waals surface area contributed by atoms with Gasteiger partial charge >= 0.3 is 0 Å². The van der Waals surface area contributed by atoms with Crippen molar-refractivity contribution in [3.63, 3.8) is 0 Å². The predicted octanol–water partition coefficient (Wildman–Crippen LogP) is 2.30. The smallest absolute Gasteiger partial charge is 0.191 e. The first kappa shape index (κ1) is 20.1. The van der Waals surface area contributed by atoms with E-state index in [1.807, 2.05) is 18.8 Å². The Kier molecular flexibility index (Phi) is 9.77. The molecule has 0 radical (unpaired) electrons. The maximum absolute atomic E-state index is 5.16. The van der Waals surface area contributed by atoms with Gasteiger partial charge in [-0.2, -0.15) is 0 Å². The van der Waals surface area contributed by atoms with Gasteiger partial charge in [0.05, 0.1) is 6.61 Å². The number of hydrogen-bond donors (Lipinski definition) is 2. The molecular formula is C19H32N4OS. The number of nitrogens with zero attached hydrogens (tertiary/aromatic N) is 2. The molecule has 0 aliphatic carbocycles. The highest BCUT2D eigenvalue weighted by molar-refractivity contribution is 7.99. The van der Waals surface area contributed by atoms with E-state index < -0.39 is 0 Å². The zero-order valence-corrected chi connectivity index (χ0v) is 16.4. The Morgan fingerprint density at radius 3 is 2.68 bits per heavy atom. The minimum absolute atomic E-state index is 0.732. The molecule has 25 heavy (non-hydrogen) atoms. The van der Waals surface area contributed by atoms with Crippen molar-refractivity contribution in [2.24, 2.45) is 10.9 Å². The number of methoxy groups -OCH3 is 1. The van der Waals surface area contributed by atoms with Crippen LogP contribution in [0.25, 0.3) is 0 Å². The van der Waals surface area contributed by atoms with Crippen LogP contribution in [-0.4, -0.2) is 70.1 Å². The van der Waals surface area contributed by atoms with E-state index in [1.54, 1.807) is 7.11 Å². The molecule has 0 bridgehead atoms. The quantitative estimate of drug-likeness (QED) is 0.305. The summed E-state index contributed by atoms with van der Waals surface area (Å²) in [4.78, 5) is 8.14. The molecule has 0 saturated carbocycles. The van der Waals surface area contributed by atoms with Crippen molar-refractivity contribution in [3.05, 3.63) is 30.3 Å². The molecule has 1 saturated heterocycles. The summed E-state index contributed by atoms with van der Waals surface area (Å²) in [6, 6.07) is 10.5. The highest BCUT2D eigenvalue weighted by atomic mass is 32.2. The number of likely N-dealkylation sites (tertiary alicyclic amines) is 1. The second-order valence-electron chi connectivity index (χ2n) is 6.32. The first-order valence-corrected chi connectivity index (χ1v) is 10.1. The van der Waals surface area contributed by atoms with Crippen molar-refractivity contribution >= 4 is 17.7 Å². The van der Waals surface area contributed by atoms with Crippen LogP contribution in [0.15, 0.2) is 40.2 Å². The highest BCUT2D eigenvalue weighted by Gasteiger charge is 2.18. The van der Waals surface area contributed by atoms with Crippen LogP contribution in [0.4, 0.5) is 0 Å². The Labute approximate surface area is 156 Å². The van der Waals surface area contributed by atoms with Crippen LogP contribution in [0.5, 0.6) is 0 Å². The summed E-state index contributed by atoms with van der Waals surface area (Å²) >= 11 is 1.86. The molecule has 6 heteroatoms. The fraction of sp³-hybridized carbons (Fsp3) is 0.632. The average Bonchev–Trinajstić information content (AvgIpc) is 2.67. The number of ether oxygens (including phenoxy) is 1. The lowest BCUT2D eigenvalue weighted by molar-refractivity contribution is 0.121. The third-order valence-corrected chi connectivity index (χ3v) is 5.52. The van der Waals surface area contributed by atoms with Gasteiger partial charge in [-0.05, 0) is 44.0 Å². The third kappa shape index (κ3) is 8.12. The Morgan fingerprint density at radius 2 is 2.00 bits per heavy atom. The van der Waals surface area contributed by atoms with Gasteiger partial charge < -0.3 is 20.3 Å². The normalized spacial score (nSPS) is 16.8. The van der Waals surface area contributed by atoms with E-state index in [1.165, 1.54) is 30.8 Å². The summed E-state index contributed by atoms with van der Waals surface area (Å²) < 4.78 is 5.16. The fourth-order valence-electron chi connectivity index (χ4n) is 2.95. The molecule has 1 aliphatic heterocycles. The molecule has 0 unspecified atom stereocenters. The van der Waals surface area contributed by atoms with Crippen LogP contribution >= 0.6 is 11.8 Å². The molecule has 0 spiro atoms. The van der Waals surface area contributed by atoms with Crippen LogP contribution in [-0.2, 0) is 4.74 Å².